The molecule has 0 saturated carbocycles. The molecule has 0 bridgehead atoms. The number of aromatic nitrogens is 1. The molecule has 2 aliphatic heterocycles. The van der Waals surface area contributed by atoms with Crippen molar-refractivity contribution in [3.63, 3.8) is 0 Å². The Labute approximate surface area is 216 Å². The number of non-ortho nitro benzene ring substituents is 1. The summed E-state index contributed by atoms with van der Waals surface area (Å²) < 4.78 is 24.9. The van der Waals surface area contributed by atoms with E-state index in [2.05, 4.69) is 10.3 Å². The Balaban J connectivity index is 0.000000204. The highest BCUT2D eigenvalue weighted by Crippen LogP contribution is 2.30. The van der Waals surface area contributed by atoms with Gasteiger partial charge in [-0.15, -0.1) is 0 Å². The lowest BCUT2D eigenvalue weighted by molar-refractivity contribution is -0.383. The van der Waals surface area contributed by atoms with Crippen LogP contribution in [0.2, 0.25) is 0 Å². The lowest BCUT2D eigenvalue weighted by Gasteiger charge is -2.29. The van der Waals surface area contributed by atoms with Gasteiger partial charge in [-0.25, -0.2) is 9.18 Å². The molecule has 0 aliphatic carbocycles. The number of hydrogen-bond donors (Lipinski definition) is 2. The molecule has 0 unspecified atom stereocenters. The molecule has 2 amide bonds. The number of nitrogens with zero attached hydrogens (tertiary/aromatic N) is 4. The van der Waals surface area contributed by atoms with Gasteiger partial charge in [-0.1, -0.05) is 0 Å². The van der Waals surface area contributed by atoms with Gasteiger partial charge >= 0.3 is 6.09 Å². The van der Waals surface area contributed by atoms with Crippen molar-refractivity contribution in [2.75, 3.05) is 49.2 Å². The maximum atomic E-state index is 14.4. The molecule has 2 N–H and O–H groups in total. The number of phenolic OH excluding ortho intramolecular Hbond substituents is 1. The lowest BCUT2D eigenvalue weighted by atomic mass is 10.2. The molecule has 38 heavy (non-hydrogen) atoms. The standard InChI is InChI=1S/C16H20FN3O4.C9H6N2O3/c1-11(21)18-9-13-10-20(16(22)24-13)12-2-3-15(14(17)8-12)19-4-6-23-7-5-19;12-8-4-3-7(11(13)14)6-2-1-5-10-9(6)8/h2-3,8,13H,4-7,9-10H2,1H3,(H,18,21);1-5,12H/t13-;/m0./s1. The highest BCUT2D eigenvalue weighted by molar-refractivity contribution is 5.92. The van der Waals surface area contributed by atoms with Crippen LogP contribution < -0.4 is 15.1 Å². The number of aromatic hydroxyl groups is 1. The van der Waals surface area contributed by atoms with Gasteiger partial charge in [0.05, 0.1) is 48.0 Å². The van der Waals surface area contributed by atoms with Crippen LogP contribution in [0.15, 0.2) is 48.7 Å². The number of hydrogen-bond acceptors (Lipinski definition) is 9. The number of phenols is 1. The van der Waals surface area contributed by atoms with Crippen molar-refractivity contribution in [2.24, 2.45) is 0 Å². The van der Waals surface area contributed by atoms with E-state index in [0.717, 1.165) is 0 Å². The van der Waals surface area contributed by atoms with E-state index in [1.165, 1.54) is 36.2 Å². The number of amides is 2. The van der Waals surface area contributed by atoms with E-state index in [-0.39, 0.29) is 41.8 Å². The van der Waals surface area contributed by atoms with E-state index in [1.54, 1.807) is 24.3 Å². The first-order valence-electron chi connectivity index (χ1n) is 11.8. The molecule has 1 atom stereocenters. The second-order valence-electron chi connectivity index (χ2n) is 8.55. The maximum absolute atomic E-state index is 14.4. The summed E-state index contributed by atoms with van der Waals surface area (Å²) in [6.07, 6.45) is 0.499. The molecule has 0 spiro atoms. The first kappa shape index (κ1) is 26.5. The number of carbonyl (C=O) groups is 2. The van der Waals surface area contributed by atoms with Crippen molar-refractivity contribution in [3.8, 4) is 5.75 Å². The van der Waals surface area contributed by atoms with Gasteiger partial charge in [0.15, 0.2) is 0 Å². The summed E-state index contributed by atoms with van der Waals surface area (Å²) in [5.74, 6) is -0.621. The van der Waals surface area contributed by atoms with Crippen LogP contribution >= 0.6 is 0 Å². The molecule has 13 heteroatoms. The fraction of sp³-hybridized carbons (Fsp3) is 0.320. The highest BCUT2D eigenvalue weighted by Gasteiger charge is 2.33. The first-order valence-corrected chi connectivity index (χ1v) is 11.8. The Bertz CT molecular complexity index is 1350. The summed E-state index contributed by atoms with van der Waals surface area (Å²) in [6, 6.07) is 10.4. The minimum Gasteiger partial charge on any atom is -0.506 e. The number of nitro benzene ring substituents is 1. The van der Waals surface area contributed by atoms with Gasteiger partial charge in [0.1, 0.15) is 23.2 Å². The van der Waals surface area contributed by atoms with E-state index in [0.29, 0.717) is 43.1 Å². The van der Waals surface area contributed by atoms with E-state index in [9.17, 15) is 29.2 Å². The molecule has 12 nitrogen and oxygen atoms in total. The zero-order valence-corrected chi connectivity index (χ0v) is 20.5. The number of cyclic esters (lactones) is 1. The normalized spacial score (nSPS) is 17.0. The van der Waals surface area contributed by atoms with Crippen LogP contribution in [0.25, 0.3) is 10.9 Å². The van der Waals surface area contributed by atoms with E-state index in [4.69, 9.17) is 9.47 Å². The number of fused-ring (bicyclic) bond motifs is 1. The molecule has 2 aromatic carbocycles. The third-order valence-corrected chi connectivity index (χ3v) is 5.97. The van der Waals surface area contributed by atoms with Gasteiger partial charge in [0.2, 0.25) is 5.91 Å². The van der Waals surface area contributed by atoms with E-state index < -0.39 is 17.1 Å². The predicted molar refractivity (Wildman–Crippen MR) is 136 cm³/mol. The first-order chi connectivity index (χ1) is 18.2. The molecule has 2 saturated heterocycles. The summed E-state index contributed by atoms with van der Waals surface area (Å²) in [4.78, 5) is 40.2. The van der Waals surface area contributed by atoms with Gasteiger partial charge < -0.3 is 24.8 Å². The lowest BCUT2D eigenvalue weighted by Crippen LogP contribution is -2.36. The highest BCUT2D eigenvalue weighted by atomic mass is 19.1. The molecular formula is C25H26FN5O7. The largest absolute Gasteiger partial charge is 0.506 e. The van der Waals surface area contributed by atoms with Crippen molar-refractivity contribution < 1.29 is 33.5 Å². The third-order valence-electron chi connectivity index (χ3n) is 5.97. The zero-order valence-electron chi connectivity index (χ0n) is 20.5. The average Bonchev–Trinajstić information content (AvgIpc) is 3.29. The maximum Gasteiger partial charge on any atom is 0.414 e. The third kappa shape index (κ3) is 6.06. The van der Waals surface area contributed by atoms with Gasteiger partial charge in [-0.05, 0) is 36.4 Å². The molecule has 200 valence electrons. The minimum absolute atomic E-state index is 0.0498. The molecule has 3 heterocycles. The van der Waals surface area contributed by atoms with Crippen LogP contribution in [0.3, 0.4) is 0 Å². The Hall–Kier alpha value is -4.52. The summed E-state index contributed by atoms with van der Waals surface area (Å²) in [5.41, 5.74) is 1.15. The number of halogens is 1. The summed E-state index contributed by atoms with van der Waals surface area (Å²) >= 11 is 0. The van der Waals surface area contributed by atoms with Crippen molar-refractivity contribution in [1.82, 2.24) is 10.3 Å². The van der Waals surface area contributed by atoms with Crippen molar-refractivity contribution in [3.05, 3.63) is 64.6 Å². The second-order valence-corrected chi connectivity index (χ2v) is 8.55. The van der Waals surface area contributed by atoms with Crippen LogP contribution in [-0.2, 0) is 14.3 Å². The predicted octanol–water partition coefficient (Wildman–Crippen LogP) is 2.97. The van der Waals surface area contributed by atoms with Gasteiger partial charge in [-0.2, -0.15) is 0 Å². The smallest absolute Gasteiger partial charge is 0.414 e. The van der Waals surface area contributed by atoms with Gasteiger partial charge in [0, 0.05) is 32.3 Å². The fourth-order valence-corrected chi connectivity index (χ4v) is 4.12. The minimum atomic E-state index is -0.538. The number of nitro groups is 1. The summed E-state index contributed by atoms with van der Waals surface area (Å²) in [7, 11) is 0. The molecular weight excluding hydrogens is 501 g/mol. The van der Waals surface area contributed by atoms with Crippen LogP contribution in [0.5, 0.6) is 5.75 Å². The number of ether oxygens (including phenoxy) is 2. The Morgan fingerprint density at radius 3 is 2.71 bits per heavy atom. The molecule has 1 aromatic heterocycles. The second kappa shape index (κ2) is 11.7. The van der Waals surface area contributed by atoms with Crippen LogP contribution in [-0.4, -0.2) is 72.5 Å². The Morgan fingerprint density at radius 2 is 2.03 bits per heavy atom. The quantitative estimate of drug-likeness (QED) is 0.377. The number of nitrogens with one attached hydrogen (secondary N) is 1. The number of benzene rings is 2. The average molecular weight is 528 g/mol. The van der Waals surface area contributed by atoms with Crippen LogP contribution in [0, 0.1) is 15.9 Å². The monoisotopic (exact) mass is 527 g/mol. The van der Waals surface area contributed by atoms with Crippen LogP contribution in [0.1, 0.15) is 6.92 Å². The molecule has 5 rings (SSSR count). The topological polar surface area (TPSA) is 147 Å². The molecule has 2 aliphatic rings. The summed E-state index contributed by atoms with van der Waals surface area (Å²) in [6.45, 7) is 4.34. The van der Waals surface area contributed by atoms with Crippen LogP contribution in [0.4, 0.5) is 26.2 Å². The number of rotatable bonds is 5. The Morgan fingerprint density at radius 1 is 1.26 bits per heavy atom. The van der Waals surface area contributed by atoms with E-state index >= 15 is 0 Å². The number of carbonyl (C=O) groups excluding carboxylic acids is 2. The number of anilines is 2. The van der Waals surface area contributed by atoms with Crippen molar-refractivity contribution in [2.45, 2.75) is 13.0 Å². The number of morpholine rings is 1. The molecule has 2 fully saturated rings. The zero-order chi connectivity index (χ0) is 27.2. The Kier molecular flexibility index (Phi) is 8.16. The van der Waals surface area contributed by atoms with Crippen molar-refractivity contribution in [1.29, 1.82) is 0 Å². The molecule has 3 aromatic rings. The van der Waals surface area contributed by atoms with Crippen molar-refractivity contribution >= 4 is 40.0 Å². The molecule has 0 radical (unpaired) electrons. The van der Waals surface area contributed by atoms with E-state index in [1.807, 2.05) is 4.90 Å². The fourth-order valence-electron chi connectivity index (χ4n) is 4.12. The number of pyridine rings is 1. The SMILES string of the molecule is CC(=O)NC[C@H]1CN(c2ccc(N3CCOCC3)c(F)c2)C(=O)O1.O=[N+]([O-])c1ccc(O)c2ncccc12. The summed E-state index contributed by atoms with van der Waals surface area (Å²) in [5, 5.41) is 23.0. The van der Waals surface area contributed by atoms with Gasteiger partial charge in [0.25, 0.3) is 5.69 Å². The van der Waals surface area contributed by atoms with Gasteiger partial charge in [-0.3, -0.25) is 24.8 Å².